The third-order valence-electron chi connectivity index (χ3n) is 2.49. The van der Waals surface area contributed by atoms with Gasteiger partial charge in [0.25, 0.3) is 0 Å². The highest BCUT2D eigenvalue weighted by Gasteiger charge is 2.28. The lowest BCUT2D eigenvalue weighted by atomic mass is 10.1. The fourth-order valence-electron chi connectivity index (χ4n) is 1.91. The second-order valence-electron chi connectivity index (χ2n) is 3.72. The van der Waals surface area contributed by atoms with E-state index in [1.54, 1.807) is 18.7 Å². The first kappa shape index (κ1) is 11.6. The number of hydrogen-bond donors (Lipinski definition) is 0. The Balaban J connectivity index is 2.50. The van der Waals surface area contributed by atoms with Crippen molar-refractivity contribution in [3.05, 3.63) is 0 Å². The van der Waals surface area contributed by atoms with Gasteiger partial charge in [-0.3, -0.25) is 9.59 Å². The van der Waals surface area contributed by atoms with Gasteiger partial charge in [-0.15, -0.1) is 0 Å². The molecule has 14 heavy (non-hydrogen) atoms. The monoisotopic (exact) mass is 215 g/mol. The second-order valence-corrected chi connectivity index (χ2v) is 4.59. The van der Waals surface area contributed by atoms with Crippen LogP contribution in [0.4, 0.5) is 0 Å². The first-order valence-corrected chi connectivity index (χ1v) is 6.32. The van der Waals surface area contributed by atoms with Gasteiger partial charge in [0.2, 0.25) is 5.91 Å². The molecule has 0 radical (unpaired) electrons. The van der Waals surface area contributed by atoms with Gasteiger partial charge in [0.15, 0.2) is 0 Å². The zero-order valence-corrected chi connectivity index (χ0v) is 9.60. The summed E-state index contributed by atoms with van der Waals surface area (Å²) >= 11 is 1.54. The van der Waals surface area contributed by atoms with Crippen LogP contribution >= 0.6 is 11.8 Å². The molecule has 1 rings (SSSR count). The zero-order valence-electron chi connectivity index (χ0n) is 8.78. The van der Waals surface area contributed by atoms with Crippen molar-refractivity contribution in [2.24, 2.45) is 0 Å². The van der Waals surface area contributed by atoms with Gasteiger partial charge in [0, 0.05) is 19.0 Å². The van der Waals surface area contributed by atoms with Crippen LogP contribution in [-0.2, 0) is 9.59 Å². The van der Waals surface area contributed by atoms with Crippen molar-refractivity contribution in [1.82, 2.24) is 4.90 Å². The zero-order chi connectivity index (χ0) is 10.6. The molecule has 1 heterocycles. The summed E-state index contributed by atoms with van der Waals surface area (Å²) in [6, 6.07) is 0.173. The van der Waals surface area contributed by atoms with Crippen LogP contribution in [0.3, 0.4) is 0 Å². The second kappa shape index (κ2) is 5.39. The van der Waals surface area contributed by atoms with Crippen LogP contribution in [0.5, 0.6) is 0 Å². The molecular formula is C10H17NO2S. The number of carbonyl (C=O) groups is 2. The molecule has 0 spiro atoms. The highest BCUT2D eigenvalue weighted by molar-refractivity contribution is 7.99. The molecule has 3 nitrogen and oxygen atoms in total. The Hall–Kier alpha value is -0.510. The molecule has 0 saturated carbocycles. The van der Waals surface area contributed by atoms with Crippen LogP contribution in [0.2, 0.25) is 0 Å². The molecule has 1 aliphatic heterocycles. The van der Waals surface area contributed by atoms with E-state index in [2.05, 4.69) is 0 Å². The average Bonchev–Trinajstić information content (AvgIpc) is 2.51. The molecule has 0 aromatic carbocycles. The average molecular weight is 215 g/mol. The van der Waals surface area contributed by atoms with Crippen LogP contribution < -0.4 is 0 Å². The van der Waals surface area contributed by atoms with Crippen molar-refractivity contribution in [3.8, 4) is 0 Å². The van der Waals surface area contributed by atoms with Crippen LogP contribution in [0, 0.1) is 0 Å². The third-order valence-corrected chi connectivity index (χ3v) is 3.02. The van der Waals surface area contributed by atoms with Crippen molar-refractivity contribution >= 4 is 23.5 Å². The Morgan fingerprint density at radius 3 is 2.79 bits per heavy atom. The molecular weight excluding hydrogens is 198 g/mol. The Kier molecular flexibility index (Phi) is 4.45. The lowest BCUT2D eigenvalue weighted by molar-refractivity contribution is -0.129. The van der Waals surface area contributed by atoms with Crippen LogP contribution in [-0.4, -0.2) is 41.2 Å². The highest BCUT2D eigenvalue weighted by Crippen LogP contribution is 2.21. The van der Waals surface area contributed by atoms with Crippen LogP contribution in [0.1, 0.15) is 26.2 Å². The number of carbonyl (C=O) groups excluding carboxylic acids is 2. The SMILES string of the molecule is CSCC(=O)N1CCCC1CC(C)=O. The maximum absolute atomic E-state index is 11.6. The summed E-state index contributed by atoms with van der Waals surface area (Å²) in [5.74, 6) is 0.897. The fraction of sp³-hybridized carbons (Fsp3) is 0.800. The number of thioether (sulfide) groups is 1. The number of amides is 1. The third kappa shape index (κ3) is 3.01. The summed E-state index contributed by atoms with van der Waals surface area (Å²) in [6.45, 7) is 2.42. The number of Topliss-reactive ketones (excluding diaryl/α,β-unsaturated/α-hetero) is 1. The lowest BCUT2D eigenvalue weighted by Crippen LogP contribution is -2.37. The van der Waals surface area contributed by atoms with E-state index in [9.17, 15) is 9.59 Å². The Bertz CT molecular complexity index is 230. The highest BCUT2D eigenvalue weighted by atomic mass is 32.2. The summed E-state index contributed by atoms with van der Waals surface area (Å²) in [4.78, 5) is 24.5. The molecule has 1 unspecified atom stereocenters. The van der Waals surface area contributed by atoms with E-state index in [0.29, 0.717) is 12.2 Å². The van der Waals surface area contributed by atoms with E-state index >= 15 is 0 Å². The van der Waals surface area contributed by atoms with Gasteiger partial charge in [-0.05, 0) is 26.0 Å². The Morgan fingerprint density at radius 1 is 1.50 bits per heavy atom. The summed E-state index contributed by atoms with van der Waals surface area (Å²) in [5.41, 5.74) is 0. The summed E-state index contributed by atoms with van der Waals surface area (Å²) in [6.07, 6.45) is 4.48. The quantitative estimate of drug-likeness (QED) is 0.710. The normalized spacial score (nSPS) is 21.3. The van der Waals surface area contributed by atoms with Crippen molar-refractivity contribution in [2.75, 3.05) is 18.6 Å². The van der Waals surface area contributed by atoms with E-state index < -0.39 is 0 Å². The fourth-order valence-corrected chi connectivity index (χ4v) is 2.33. The molecule has 4 heteroatoms. The van der Waals surface area contributed by atoms with Crippen LogP contribution in [0.15, 0.2) is 0 Å². The van der Waals surface area contributed by atoms with E-state index in [-0.39, 0.29) is 17.7 Å². The van der Waals surface area contributed by atoms with Gasteiger partial charge in [0.1, 0.15) is 5.78 Å². The molecule has 1 amide bonds. The first-order valence-electron chi connectivity index (χ1n) is 4.93. The minimum atomic E-state index is 0.173. The molecule has 1 saturated heterocycles. The number of hydrogen-bond acceptors (Lipinski definition) is 3. The van der Waals surface area contributed by atoms with Gasteiger partial charge in [-0.2, -0.15) is 11.8 Å². The van der Waals surface area contributed by atoms with E-state index in [4.69, 9.17) is 0 Å². The van der Waals surface area contributed by atoms with Gasteiger partial charge in [-0.1, -0.05) is 0 Å². The number of rotatable bonds is 4. The van der Waals surface area contributed by atoms with Gasteiger partial charge in [-0.25, -0.2) is 0 Å². The predicted molar refractivity (Wildman–Crippen MR) is 58.4 cm³/mol. The topological polar surface area (TPSA) is 37.4 Å². The molecule has 1 aliphatic rings. The van der Waals surface area contributed by atoms with Gasteiger partial charge in [0.05, 0.1) is 5.75 Å². The smallest absolute Gasteiger partial charge is 0.232 e. The Morgan fingerprint density at radius 2 is 2.21 bits per heavy atom. The molecule has 0 aromatic heterocycles. The van der Waals surface area contributed by atoms with Gasteiger partial charge < -0.3 is 4.90 Å². The van der Waals surface area contributed by atoms with Crippen LogP contribution in [0.25, 0.3) is 0 Å². The molecule has 0 N–H and O–H groups in total. The number of nitrogens with zero attached hydrogens (tertiary/aromatic N) is 1. The van der Waals surface area contributed by atoms with E-state index in [1.807, 2.05) is 11.2 Å². The van der Waals surface area contributed by atoms with E-state index in [0.717, 1.165) is 19.4 Å². The molecule has 1 atom stereocenters. The standard InChI is InChI=1S/C10H17NO2S/c1-8(12)6-9-4-3-5-11(9)10(13)7-14-2/h9H,3-7H2,1-2H3. The maximum atomic E-state index is 11.6. The molecule has 0 aromatic rings. The molecule has 80 valence electrons. The van der Waals surface area contributed by atoms with Crippen molar-refractivity contribution in [1.29, 1.82) is 0 Å². The summed E-state index contributed by atoms with van der Waals surface area (Å²) < 4.78 is 0. The first-order chi connectivity index (χ1) is 6.65. The maximum Gasteiger partial charge on any atom is 0.232 e. The van der Waals surface area contributed by atoms with Crippen molar-refractivity contribution < 1.29 is 9.59 Å². The molecule has 1 fully saturated rings. The summed E-state index contributed by atoms with van der Waals surface area (Å²) in [7, 11) is 0. The van der Waals surface area contributed by atoms with Crippen molar-refractivity contribution in [2.45, 2.75) is 32.2 Å². The molecule has 0 bridgehead atoms. The van der Waals surface area contributed by atoms with Crippen molar-refractivity contribution in [3.63, 3.8) is 0 Å². The molecule has 0 aliphatic carbocycles. The minimum Gasteiger partial charge on any atom is -0.339 e. The lowest BCUT2D eigenvalue weighted by Gasteiger charge is -2.23. The Labute approximate surface area is 89.2 Å². The minimum absolute atomic E-state index is 0.173. The predicted octanol–water partition coefficient (Wildman–Crippen LogP) is 1.32. The summed E-state index contributed by atoms with van der Waals surface area (Å²) in [5, 5.41) is 0. The van der Waals surface area contributed by atoms with E-state index in [1.165, 1.54) is 0 Å². The number of ketones is 1. The van der Waals surface area contributed by atoms with Gasteiger partial charge >= 0.3 is 0 Å². The number of likely N-dealkylation sites (tertiary alicyclic amines) is 1. The largest absolute Gasteiger partial charge is 0.339 e.